The second-order valence-corrected chi connectivity index (χ2v) is 5.58. The second kappa shape index (κ2) is 8.22. The van der Waals surface area contributed by atoms with E-state index in [1.54, 1.807) is 50.4 Å². The van der Waals surface area contributed by atoms with Gasteiger partial charge in [0.15, 0.2) is 23.1 Å². The van der Waals surface area contributed by atoms with E-state index < -0.39 is 5.97 Å². The Morgan fingerprint density at radius 2 is 2.00 bits per heavy atom. The van der Waals surface area contributed by atoms with Crippen molar-refractivity contribution in [3.05, 3.63) is 53.9 Å². The molecule has 2 heterocycles. The molecule has 0 bridgehead atoms. The lowest BCUT2D eigenvalue weighted by Crippen LogP contribution is -2.17. The van der Waals surface area contributed by atoms with Gasteiger partial charge in [-0.25, -0.2) is 9.78 Å². The molecule has 1 amide bonds. The highest BCUT2D eigenvalue weighted by Gasteiger charge is 2.22. The summed E-state index contributed by atoms with van der Waals surface area (Å²) in [5.74, 6) is 0.641. The third-order valence-electron chi connectivity index (χ3n) is 3.72. The van der Waals surface area contributed by atoms with Crippen molar-refractivity contribution in [3.8, 4) is 17.3 Å². The fourth-order valence-corrected chi connectivity index (χ4v) is 2.45. The summed E-state index contributed by atoms with van der Waals surface area (Å²) in [4.78, 5) is 31.7. The van der Waals surface area contributed by atoms with Crippen molar-refractivity contribution in [3.63, 3.8) is 0 Å². The van der Waals surface area contributed by atoms with Crippen LogP contribution in [0, 0.1) is 0 Å². The molecule has 8 nitrogen and oxygen atoms in total. The molecule has 0 unspecified atom stereocenters. The zero-order valence-electron chi connectivity index (χ0n) is 14.9. The Balaban J connectivity index is 1.79. The molecule has 2 aromatic heterocycles. The van der Waals surface area contributed by atoms with E-state index in [9.17, 15) is 9.59 Å². The first-order chi connectivity index (χ1) is 13.1. The number of imidazole rings is 1. The van der Waals surface area contributed by atoms with E-state index in [0.29, 0.717) is 17.3 Å². The number of aromatic amines is 1. The lowest BCUT2D eigenvalue weighted by molar-refractivity contribution is -0.115. The van der Waals surface area contributed by atoms with Gasteiger partial charge in [-0.2, -0.15) is 0 Å². The largest absolute Gasteiger partial charge is 0.497 e. The number of nitrogens with one attached hydrogen (secondary N) is 2. The summed E-state index contributed by atoms with van der Waals surface area (Å²) in [6.07, 6.45) is 1.61. The highest BCUT2D eigenvalue weighted by molar-refractivity contribution is 6.00. The average molecular weight is 369 g/mol. The molecule has 0 spiro atoms. The van der Waals surface area contributed by atoms with Crippen molar-refractivity contribution in [2.45, 2.75) is 13.3 Å². The van der Waals surface area contributed by atoms with Crippen LogP contribution in [0.25, 0.3) is 11.6 Å². The summed E-state index contributed by atoms with van der Waals surface area (Å²) in [7, 11) is 1.58. The molecule has 1 aromatic carbocycles. The number of carbonyl (C=O) groups excluding carboxylic acids is 2. The van der Waals surface area contributed by atoms with Crippen molar-refractivity contribution in [2.24, 2.45) is 0 Å². The maximum atomic E-state index is 12.4. The topological polar surface area (TPSA) is 106 Å². The predicted octanol–water partition coefficient (Wildman–Crippen LogP) is 3.04. The number of methoxy groups -OCH3 is 1. The van der Waals surface area contributed by atoms with Crippen molar-refractivity contribution in [2.75, 3.05) is 19.0 Å². The maximum absolute atomic E-state index is 12.4. The number of amides is 1. The van der Waals surface area contributed by atoms with Crippen molar-refractivity contribution in [1.82, 2.24) is 9.97 Å². The maximum Gasteiger partial charge on any atom is 0.358 e. The lowest BCUT2D eigenvalue weighted by Gasteiger charge is -2.06. The van der Waals surface area contributed by atoms with Gasteiger partial charge in [-0.3, -0.25) is 4.79 Å². The Morgan fingerprint density at radius 1 is 1.22 bits per heavy atom. The van der Waals surface area contributed by atoms with Gasteiger partial charge in [0.05, 0.1) is 26.4 Å². The Kier molecular flexibility index (Phi) is 5.55. The first-order valence-electron chi connectivity index (χ1n) is 8.34. The molecule has 0 aliphatic carbocycles. The smallest absolute Gasteiger partial charge is 0.358 e. The summed E-state index contributed by atoms with van der Waals surface area (Å²) < 4.78 is 15.4. The molecule has 140 valence electrons. The van der Waals surface area contributed by atoms with Gasteiger partial charge in [-0.05, 0) is 36.8 Å². The number of benzene rings is 1. The normalized spacial score (nSPS) is 10.4. The minimum absolute atomic E-state index is 0.0614. The SMILES string of the molecule is CCOC(=O)c1[nH]c(-c2ccco2)nc1NC(=O)Cc1ccc(OC)cc1. The molecule has 3 rings (SSSR count). The summed E-state index contributed by atoms with van der Waals surface area (Å²) in [6, 6.07) is 10.5. The summed E-state index contributed by atoms with van der Waals surface area (Å²) in [5.41, 5.74) is 0.860. The van der Waals surface area contributed by atoms with Crippen LogP contribution in [0.4, 0.5) is 5.82 Å². The minimum atomic E-state index is -0.609. The van der Waals surface area contributed by atoms with E-state index in [-0.39, 0.29) is 30.4 Å². The zero-order valence-corrected chi connectivity index (χ0v) is 14.9. The molecule has 0 saturated carbocycles. The van der Waals surface area contributed by atoms with Crippen LogP contribution < -0.4 is 10.1 Å². The first kappa shape index (κ1) is 18.2. The van der Waals surface area contributed by atoms with Crippen LogP contribution in [0.1, 0.15) is 23.0 Å². The molecule has 3 aromatic rings. The molecule has 0 aliphatic rings. The molecule has 0 saturated heterocycles. The third kappa shape index (κ3) is 4.35. The Hall–Kier alpha value is -3.55. The van der Waals surface area contributed by atoms with Crippen LogP contribution in [0.3, 0.4) is 0 Å². The lowest BCUT2D eigenvalue weighted by atomic mass is 10.1. The summed E-state index contributed by atoms with van der Waals surface area (Å²) in [5, 5.41) is 2.65. The number of anilines is 1. The molecule has 0 fully saturated rings. The average Bonchev–Trinajstić information content (AvgIpc) is 3.32. The highest BCUT2D eigenvalue weighted by Crippen LogP contribution is 2.23. The number of furan rings is 1. The number of rotatable bonds is 7. The van der Waals surface area contributed by atoms with Gasteiger partial charge < -0.3 is 24.2 Å². The predicted molar refractivity (Wildman–Crippen MR) is 97.6 cm³/mol. The standard InChI is InChI=1S/C19H19N3O5/c1-3-26-19(24)16-18(22-17(21-16)14-5-4-10-27-14)20-15(23)11-12-6-8-13(25-2)9-7-12/h4-10H,3,11H2,1-2H3,(H,20,23)(H,21,22). The van der Waals surface area contributed by atoms with Gasteiger partial charge in [0.25, 0.3) is 0 Å². The fourth-order valence-electron chi connectivity index (χ4n) is 2.45. The van der Waals surface area contributed by atoms with Gasteiger partial charge in [0.2, 0.25) is 5.91 Å². The van der Waals surface area contributed by atoms with Crippen LogP contribution in [0.2, 0.25) is 0 Å². The second-order valence-electron chi connectivity index (χ2n) is 5.58. The quantitative estimate of drug-likeness (QED) is 0.620. The number of esters is 1. The molecule has 0 atom stereocenters. The van der Waals surface area contributed by atoms with Crippen LogP contribution in [-0.2, 0) is 16.0 Å². The molecule has 8 heteroatoms. The van der Waals surface area contributed by atoms with Gasteiger partial charge >= 0.3 is 5.97 Å². The minimum Gasteiger partial charge on any atom is -0.497 e. The number of H-pyrrole nitrogens is 1. The molecular formula is C19H19N3O5. The van der Waals surface area contributed by atoms with Gasteiger partial charge in [0, 0.05) is 0 Å². The summed E-state index contributed by atoms with van der Waals surface area (Å²) >= 11 is 0. The van der Waals surface area contributed by atoms with Gasteiger partial charge in [-0.15, -0.1) is 0 Å². The van der Waals surface area contributed by atoms with E-state index in [1.165, 1.54) is 6.26 Å². The number of nitrogens with zero attached hydrogens (tertiary/aromatic N) is 1. The highest BCUT2D eigenvalue weighted by atomic mass is 16.5. The van der Waals surface area contributed by atoms with Gasteiger partial charge in [0.1, 0.15) is 5.75 Å². The van der Waals surface area contributed by atoms with Crippen LogP contribution in [-0.4, -0.2) is 35.6 Å². The molecule has 2 N–H and O–H groups in total. The summed E-state index contributed by atoms with van der Waals surface area (Å²) in [6.45, 7) is 1.90. The van der Waals surface area contributed by atoms with E-state index in [4.69, 9.17) is 13.9 Å². The zero-order chi connectivity index (χ0) is 19.2. The van der Waals surface area contributed by atoms with Crippen molar-refractivity contribution in [1.29, 1.82) is 0 Å². The first-order valence-corrected chi connectivity index (χ1v) is 8.34. The Bertz CT molecular complexity index is 913. The van der Waals surface area contributed by atoms with E-state index in [1.807, 2.05) is 0 Å². The van der Waals surface area contributed by atoms with Crippen LogP contribution >= 0.6 is 0 Å². The third-order valence-corrected chi connectivity index (χ3v) is 3.72. The monoisotopic (exact) mass is 369 g/mol. The molecule has 0 aliphatic heterocycles. The number of carbonyl (C=O) groups is 2. The van der Waals surface area contributed by atoms with Crippen LogP contribution in [0.15, 0.2) is 47.1 Å². The van der Waals surface area contributed by atoms with E-state index >= 15 is 0 Å². The van der Waals surface area contributed by atoms with Crippen LogP contribution in [0.5, 0.6) is 5.75 Å². The Morgan fingerprint density at radius 3 is 2.63 bits per heavy atom. The fraction of sp³-hybridized carbons (Fsp3) is 0.211. The Labute approximate surface area is 155 Å². The number of hydrogen-bond donors (Lipinski definition) is 2. The van der Waals surface area contributed by atoms with E-state index in [0.717, 1.165) is 5.56 Å². The van der Waals surface area contributed by atoms with Crippen molar-refractivity contribution >= 4 is 17.7 Å². The molecule has 0 radical (unpaired) electrons. The number of aromatic nitrogens is 2. The number of hydrogen-bond acceptors (Lipinski definition) is 6. The molecule has 27 heavy (non-hydrogen) atoms. The van der Waals surface area contributed by atoms with E-state index in [2.05, 4.69) is 15.3 Å². The molecular weight excluding hydrogens is 350 g/mol. The van der Waals surface area contributed by atoms with Gasteiger partial charge in [-0.1, -0.05) is 12.1 Å². The van der Waals surface area contributed by atoms with Crippen molar-refractivity contribution < 1.29 is 23.5 Å². The number of ether oxygens (including phenoxy) is 2.